The van der Waals surface area contributed by atoms with Crippen LogP contribution in [-0.4, -0.2) is 41.3 Å². The van der Waals surface area contributed by atoms with Crippen molar-refractivity contribution in [3.63, 3.8) is 0 Å². The molecule has 104 valence electrons. The van der Waals surface area contributed by atoms with Gasteiger partial charge in [0.25, 0.3) is 5.88 Å². The highest BCUT2D eigenvalue weighted by molar-refractivity contribution is 5.61. The van der Waals surface area contributed by atoms with Crippen LogP contribution in [0.25, 0.3) is 0 Å². The van der Waals surface area contributed by atoms with Gasteiger partial charge in [-0.3, -0.25) is 10.1 Å². The molecule has 1 fully saturated rings. The largest absolute Gasteiger partial charge is 0.476 e. The van der Waals surface area contributed by atoms with Gasteiger partial charge < -0.3 is 14.8 Å². The molecule has 0 spiro atoms. The molecule has 1 aliphatic rings. The minimum atomic E-state index is -0.546. The number of rotatable bonds is 5. The number of anilines is 1. The Morgan fingerprint density at radius 3 is 3.00 bits per heavy atom. The van der Waals surface area contributed by atoms with E-state index in [4.69, 9.17) is 9.47 Å². The van der Waals surface area contributed by atoms with Gasteiger partial charge in [-0.2, -0.15) is 4.98 Å². The molecule has 0 saturated carbocycles. The van der Waals surface area contributed by atoms with Crippen molar-refractivity contribution in [2.75, 3.05) is 25.6 Å². The van der Waals surface area contributed by atoms with Gasteiger partial charge in [-0.1, -0.05) is 0 Å². The number of hydrogen-bond donors (Lipinski definition) is 1. The molecule has 0 amide bonds. The highest BCUT2D eigenvalue weighted by Gasteiger charge is 2.27. The number of nitro groups is 1. The van der Waals surface area contributed by atoms with Crippen LogP contribution in [0, 0.1) is 16.0 Å². The Labute approximate surface area is 110 Å². The number of aromatic nitrogens is 2. The fraction of sp³-hybridized carbons (Fsp3) is 0.636. The van der Waals surface area contributed by atoms with Gasteiger partial charge in [0.05, 0.1) is 18.1 Å². The van der Waals surface area contributed by atoms with Gasteiger partial charge >= 0.3 is 5.69 Å². The lowest BCUT2D eigenvalue weighted by atomic mass is 10.0. The lowest BCUT2D eigenvalue weighted by Crippen LogP contribution is -2.21. The summed E-state index contributed by atoms with van der Waals surface area (Å²) in [6.07, 6.45) is 2.32. The van der Waals surface area contributed by atoms with Gasteiger partial charge in [-0.15, -0.1) is 0 Å². The SMILES string of the molecule is COc1ncnc(NCC2CCOC2C)c1[N+](=O)[O-]. The summed E-state index contributed by atoms with van der Waals surface area (Å²) in [5, 5.41) is 14.0. The molecule has 0 bridgehead atoms. The summed E-state index contributed by atoms with van der Waals surface area (Å²) in [5.74, 6) is 0.453. The van der Waals surface area contributed by atoms with Gasteiger partial charge in [0.1, 0.15) is 6.33 Å². The zero-order chi connectivity index (χ0) is 13.8. The standard InChI is InChI=1S/C11H16N4O4/c1-7-8(3-4-19-7)5-12-10-9(15(16)17)11(18-2)14-6-13-10/h6-8H,3-5H2,1-2H3,(H,12,13,14). The van der Waals surface area contributed by atoms with Gasteiger partial charge in [-0.05, 0) is 13.3 Å². The molecule has 8 heteroatoms. The van der Waals surface area contributed by atoms with E-state index in [0.717, 1.165) is 13.0 Å². The van der Waals surface area contributed by atoms with Gasteiger partial charge in [-0.25, -0.2) is 4.98 Å². The average Bonchev–Trinajstić information content (AvgIpc) is 2.81. The summed E-state index contributed by atoms with van der Waals surface area (Å²) in [5.41, 5.74) is -0.239. The van der Waals surface area contributed by atoms with E-state index in [1.165, 1.54) is 13.4 Å². The topological polar surface area (TPSA) is 99.4 Å². The predicted molar refractivity (Wildman–Crippen MR) is 67.2 cm³/mol. The zero-order valence-electron chi connectivity index (χ0n) is 10.8. The molecule has 2 heterocycles. The second-order valence-electron chi connectivity index (χ2n) is 4.34. The maximum Gasteiger partial charge on any atom is 0.372 e. The summed E-state index contributed by atoms with van der Waals surface area (Å²) in [4.78, 5) is 18.1. The molecule has 2 rings (SSSR count). The van der Waals surface area contributed by atoms with E-state index in [1.807, 2.05) is 6.92 Å². The monoisotopic (exact) mass is 268 g/mol. The Kier molecular flexibility index (Phi) is 4.10. The second kappa shape index (κ2) is 5.79. The van der Waals surface area contributed by atoms with Crippen LogP contribution >= 0.6 is 0 Å². The first-order chi connectivity index (χ1) is 9.13. The third-order valence-electron chi connectivity index (χ3n) is 3.23. The van der Waals surface area contributed by atoms with Crippen molar-refractivity contribution < 1.29 is 14.4 Å². The minimum Gasteiger partial charge on any atom is -0.476 e. The lowest BCUT2D eigenvalue weighted by Gasteiger charge is -2.15. The van der Waals surface area contributed by atoms with Crippen molar-refractivity contribution in [3.8, 4) is 5.88 Å². The molecule has 0 radical (unpaired) electrons. The fourth-order valence-electron chi connectivity index (χ4n) is 2.08. The third kappa shape index (κ3) is 2.90. The van der Waals surface area contributed by atoms with Crippen molar-refractivity contribution in [3.05, 3.63) is 16.4 Å². The summed E-state index contributed by atoms with van der Waals surface area (Å²) in [6, 6.07) is 0. The summed E-state index contributed by atoms with van der Waals surface area (Å²) < 4.78 is 10.3. The van der Waals surface area contributed by atoms with Crippen LogP contribution in [0.4, 0.5) is 11.5 Å². The number of nitrogens with zero attached hydrogens (tertiary/aromatic N) is 3. The molecule has 1 aliphatic heterocycles. The van der Waals surface area contributed by atoms with Crippen LogP contribution in [0.1, 0.15) is 13.3 Å². The molecule has 2 unspecified atom stereocenters. The molecular formula is C11H16N4O4. The summed E-state index contributed by atoms with van der Waals surface area (Å²) in [6.45, 7) is 3.29. The van der Waals surface area contributed by atoms with E-state index in [-0.39, 0.29) is 23.5 Å². The number of hydrogen-bond acceptors (Lipinski definition) is 7. The normalized spacial score (nSPS) is 22.2. The Hall–Kier alpha value is -1.96. The van der Waals surface area contributed by atoms with E-state index >= 15 is 0 Å². The first kappa shape index (κ1) is 13.5. The molecule has 2 atom stereocenters. The predicted octanol–water partition coefficient (Wildman–Crippen LogP) is 1.23. The smallest absolute Gasteiger partial charge is 0.372 e. The van der Waals surface area contributed by atoms with Crippen LogP contribution in [0.3, 0.4) is 0 Å². The first-order valence-electron chi connectivity index (χ1n) is 6.02. The number of nitrogens with one attached hydrogen (secondary N) is 1. The van der Waals surface area contributed by atoms with Crippen molar-refractivity contribution >= 4 is 11.5 Å². The van der Waals surface area contributed by atoms with Crippen molar-refractivity contribution in [2.45, 2.75) is 19.4 Å². The quantitative estimate of drug-likeness (QED) is 0.633. The van der Waals surface area contributed by atoms with Crippen molar-refractivity contribution in [1.29, 1.82) is 0 Å². The Morgan fingerprint density at radius 2 is 2.42 bits per heavy atom. The second-order valence-corrected chi connectivity index (χ2v) is 4.34. The van der Waals surface area contributed by atoms with Gasteiger partial charge in [0.2, 0.25) is 5.82 Å². The van der Waals surface area contributed by atoms with E-state index in [2.05, 4.69) is 15.3 Å². The number of ether oxygens (including phenoxy) is 2. The highest BCUT2D eigenvalue weighted by Crippen LogP contribution is 2.31. The van der Waals surface area contributed by atoms with Gasteiger partial charge in [0.15, 0.2) is 0 Å². The Balaban J connectivity index is 2.13. The van der Waals surface area contributed by atoms with E-state index < -0.39 is 4.92 Å². The molecule has 0 aliphatic carbocycles. The molecule has 1 saturated heterocycles. The Bertz CT molecular complexity index is 468. The molecule has 1 N–H and O–H groups in total. The van der Waals surface area contributed by atoms with Crippen LogP contribution in [-0.2, 0) is 4.74 Å². The van der Waals surface area contributed by atoms with Gasteiger partial charge in [0, 0.05) is 19.1 Å². The van der Waals surface area contributed by atoms with Crippen LogP contribution in [0.5, 0.6) is 5.88 Å². The maximum atomic E-state index is 11.0. The van der Waals surface area contributed by atoms with Crippen molar-refractivity contribution in [2.24, 2.45) is 5.92 Å². The summed E-state index contributed by atoms with van der Waals surface area (Å²) in [7, 11) is 1.34. The van der Waals surface area contributed by atoms with E-state index in [1.54, 1.807) is 0 Å². The van der Waals surface area contributed by atoms with Crippen LogP contribution in [0.15, 0.2) is 6.33 Å². The van der Waals surface area contributed by atoms with Crippen LogP contribution < -0.4 is 10.1 Å². The minimum absolute atomic E-state index is 0.0433. The lowest BCUT2D eigenvalue weighted by molar-refractivity contribution is -0.385. The number of methoxy groups -OCH3 is 1. The molecule has 1 aromatic heterocycles. The zero-order valence-corrected chi connectivity index (χ0v) is 10.8. The van der Waals surface area contributed by atoms with E-state index in [9.17, 15) is 10.1 Å². The highest BCUT2D eigenvalue weighted by atomic mass is 16.6. The first-order valence-corrected chi connectivity index (χ1v) is 6.02. The molecule has 0 aromatic carbocycles. The Morgan fingerprint density at radius 1 is 1.63 bits per heavy atom. The molecule has 1 aromatic rings. The average molecular weight is 268 g/mol. The molecule has 8 nitrogen and oxygen atoms in total. The summed E-state index contributed by atoms with van der Waals surface area (Å²) >= 11 is 0. The van der Waals surface area contributed by atoms with Crippen LogP contribution in [0.2, 0.25) is 0 Å². The third-order valence-corrected chi connectivity index (χ3v) is 3.23. The maximum absolute atomic E-state index is 11.0. The fourth-order valence-corrected chi connectivity index (χ4v) is 2.08. The van der Waals surface area contributed by atoms with Crippen molar-refractivity contribution in [1.82, 2.24) is 9.97 Å². The molecule has 19 heavy (non-hydrogen) atoms. The molecular weight excluding hydrogens is 252 g/mol. The van der Waals surface area contributed by atoms with E-state index in [0.29, 0.717) is 12.5 Å².